The lowest BCUT2D eigenvalue weighted by molar-refractivity contribution is 0.0101. The zero-order valence-corrected chi connectivity index (χ0v) is 10.0. The van der Waals surface area contributed by atoms with Gasteiger partial charge in [-0.15, -0.1) is 0 Å². The van der Waals surface area contributed by atoms with Gasteiger partial charge in [-0.25, -0.2) is 0 Å². The lowest BCUT2D eigenvalue weighted by Crippen LogP contribution is -2.48. The van der Waals surface area contributed by atoms with Crippen molar-refractivity contribution < 1.29 is 4.74 Å². The first-order valence-corrected chi connectivity index (χ1v) is 6.32. The summed E-state index contributed by atoms with van der Waals surface area (Å²) >= 11 is 0. The Labute approximate surface area is 93.2 Å². The van der Waals surface area contributed by atoms with Crippen molar-refractivity contribution in [3.63, 3.8) is 0 Å². The highest BCUT2D eigenvalue weighted by molar-refractivity contribution is 4.90. The Kier molecular flexibility index (Phi) is 4.00. The molecule has 1 N–H and O–H groups in total. The molecule has 0 bridgehead atoms. The highest BCUT2D eigenvalue weighted by Crippen LogP contribution is 2.23. The second-order valence-electron chi connectivity index (χ2n) is 4.89. The van der Waals surface area contributed by atoms with Crippen LogP contribution < -0.4 is 5.32 Å². The first-order chi connectivity index (χ1) is 7.35. The minimum Gasteiger partial charge on any atom is -0.380 e. The van der Waals surface area contributed by atoms with E-state index in [9.17, 15) is 0 Å². The fourth-order valence-electron chi connectivity index (χ4n) is 3.02. The average Bonchev–Trinajstić information content (AvgIpc) is 2.77. The van der Waals surface area contributed by atoms with Crippen LogP contribution in [0.15, 0.2) is 0 Å². The Morgan fingerprint density at radius 2 is 2.27 bits per heavy atom. The number of ether oxygens (including phenoxy) is 1. The monoisotopic (exact) mass is 212 g/mol. The van der Waals surface area contributed by atoms with Gasteiger partial charge in [0, 0.05) is 26.2 Å². The summed E-state index contributed by atoms with van der Waals surface area (Å²) in [6.45, 7) is 7.09. The number of likely N-dealkylation sites (tertiary alicyclic amines) is 1. The van der Waals surface area contributed by atoms with Crippen LogP contribution in [-0.4, -0.2) is 50.3 Å². The van der Waals surface area contributed by atoms with Crippen LogP contribution in [0.2, 0.25) is 0 Å². The van der Waals surface area contributed by atoms with E-state index in [0.29, 0.717) is 6.10 Å². The largest absolute Gasteiger partial charge is 0.380 e. The second-order valence-corrected chi connectivity index (χ2v) is 4.89. The summed E-state index contributed by atoms with van der Waals surface area (Å²) < 4.78 is 5.49. The van der Waals surface area contributed by atoms with Crippen LogP contribution >= 0.6 is 0 Å². The molecule has 0 aromatic carbocycles. The van der Waals surface area contributed by atoms with Crippen molar-refractivity contribution in [1.82, 2.24) is 10.2 Å². The molecule has 2 heterocycles. The summed E-state index contributed by atoms with van der Waals surface area (Å²) in [7, 11) is 1.85. The first-order valence-electron chi connectivity index (χ1n) is 6.32. The normalized spacial score (nSPS) is 38.4. The Morgan fingerprint density at radius 3 is 3.00 bits per heavy atom. The molecule has 88 valence electrons. The molecule has 2 saturated heterocycles. The molecular formula is C12H24N2O. The molecule has 3 heteroatoms. The van der Waals surface area contributed by atoms with E-state index in [1.807, 2.05) is 7.11 Å². The van der Waals surface area contributed by atoms with Crippen molar-refractivity contribution in [2.45, 2.75) is 38.3 Å². The second kappa shape index (κ2) is 5.28. The minimum atomic E-state index is 0.469. The zero-order valence-electron chi connectivity index (χ0n) is 10.0. The summed E-state index contributed by atoms with van der Waals surface area (Å²) in [5.41, 5.74) is 0. The Balaban J connectivity index is 1.91. The first kappa shape index (κ1) is 11.4. The molecule has 3 nitrogen and oxygen atoms in total. The van der Waals surface area contributed by atoms with E-state index in [2.05, 4.69) is 17.1 Å². The van der Waals surface area contributed by atoms with Gasteiger partial charge in [0.2, 0.25) is 0 Å². The molecule has 2 rings (SSSR count). The van der Waals surface area contributed by atoms with Gasteiger partial charge >= 0.3 is 0 Å². The van der Waals surface area contributed by atoms with Crippen molar-refractivity contribution in [2.24, 2.45) is 5.92 Å². The van der Waals surface area contributed by atoms with E-state index in [0.717, 1.165) is 18.5 Å². The molecule has 0 saturated carbocycles. The fourth-order valence-corrected chi connectivity index (χ4v) is 3.02. The average molecular weight is 212 g/mol. The van der Waals surface area contributed by atoms with Gasteiger partial charge in [-0.05, 0) is 31.8 Å². The van der Waals surface area contributed by atoms with Crippen LogP contribution in [0, 0.1) is 5.92 Å². The van der Waals surface area contributed by atoms with E-state index < -0.39 is 0 Å². The van der Waals surface area contributed by atoms with Crippen LogP contribution in [0.1, 0.15) is 26.2 Å². The standard InChI is InChI=1S/C12H24N2O/c1-3-10-7-13-8-12(10)14-6-4-5-11(9-14)15-2/h10-13H,3-9H2,1-2H3. The molecule has 0 amide bonds. The van der Waals surface area contributed by atoms with Crippen molar-refractivity contribution >= 4 is 0 Å². The number of hydrogen-bond acceptors (Lipinski definition) is 3. The zero-order chi connectivity index (χ0) is 10.7. The predicted molar refractivity (Wildman–Crippen MR) is 62.0 cm³/mol. The van der Waals surface area contributed by atoms with E-state index in [1.165, 1.54) is 38.9 Å². The number of methoxy groups -OCH3 is 1. The quantitative estimate of drug-likeness (QED) is 0.758. The van der Waals surface area contributed by atoms with Gasteiger partial charge in [0.25, 0.3) is 0 Å². The van der Waals surface area contributed by atoms with Gasteiger partial charge in [-0.1, -0.05) is 13.3 Å². The molecule has 2 fully saturated rings. The number of hydrogen-bond donors (Lipinski definition) is 1. The summed E-state index contributed by atoms with van der Waals surface area (Å²) in [6, 6.07) is 0.757. The van der Waals surface area contributed by atoms with Crippen LogP contribution in [0.25, 0.3) is 0 Å². The van der Waals surface area contributed by atoms with Gasteiger partial charge in [-0.2, -0.15) is 0 Å². The predicted octanol–water partition coefficient (Wildman–Crippen LogP) is 1.10. The van der Waals surface area contributed by atoms with Crippen LogP contribution in [-0.2, 0) is 4.74 Å². The van der Waals surface area contributed by atoms with E-state index in [-0.39, 0.29) is 0 Å². The Morgan fingerprint density at radius 1 is 1.40 bits per heavy atom. The van der Waals surface area contributed by atoms with Crippen LogP contribution in [0.4, 0.5) is 0 Å². The summed E-state index contributed by atoms with van der Waals surface area (Å²) in [5.74, 6) is 0.848. The number of nitrogens with zero attached hydrogens (tertiary/aromatic N) is 1. The van der Waals surface area contributed by atoms with E-state index >= 15 is 0 Å². The molecule has 0 radical (unpaired) electrons. The number of rotatable bonds is 3. The highest BCUT2D eigenvalue weighted by atomic mass is 16.5. The van der Waals surface area contributed by atoms with Crippen molar-refractivity contribution in [2.75, 3.05) is 33.3 Å². The molecule has 0 aromatic heterocycles. The van der Waals surface area contributed by atoms with Gasteiger partial charge < -0.3 is 10.1 Å². The molecule has 3 unspecified atom stereocenters. The third-order valence-corrected chi connectivity index (χ3v) is 4.04. The maximum absolute atomic E-state index is 5.49. The van der Waals surface area contributed by atoms with Crippen molar-refractivity contribution in [3.05, 3.63) is 0 Å². The highest BCUT2D eigenvalue weighted by Gasteiger charge is 2.33. The number of piperidine rings is 1. The third-order valence-electron chi connectivity index (χ3n) is 4.04. The molecule has 0 spiro atoms. The van der Waals surface area contributed by atoms with Crippen LogP contribution in [0.3, 0.4) is 0 Å². The molecule has 2 aliphatic rings. The molecule has 3 atom stereocenters. The van der Waals surface area contributed by atoms with E-state index in [1.54, 1.807) is 0 Å². The van der Waals surface area contributed by atoms with Gasteiger partial charge in [0.1, 0.15) is 0 Å². The van der Waals surface area contributed by atoms with Gasteiger partial charge in [0.05, 0.1) is 6.10 Å². The molecule has 0 aromatic rings. The summed E-state index contributed by atoms with van der Waals surface area (Å²) in [4.78, 5) is 2.64. The SMILES string of the molecule is CCC1CNCC1N1CCCC(OC)C1. The molecule has 2 aliphatic heterocycles. The smallest absolute Gasteiger partial charge is 0.0698 e. The van der Waals surface area contributed by atoms with E-state index in [4.69, 9.17) is 4.74 Å². The lowest BCUT2D eigenvalue weighted by Gasteiger charge is -2.38. The Hall–Kier alpha value is -0.120. The van der Waals surface area contributed by atoms with Gasteiger partial charge in [-0.3, -0.25) is 4.90 Å². The summed E-state index contributed by atoms with van der Waals surface area (Å²) in [5, 5.41) is 3.52. The minimum absolute atomic E-state index is 0.469. The topological polar surface area (TPSA) is 24.5 Å². The maximum Gasteiger partial charge on any atom is 0.0698 e. The molecular weight excluding hydrogens is 188 g/mol. The van der Waals surface area contributed by atoms with Crippen molar-refractivity contribution in [3.8, 4) is 0 Å². The molecule has 0 aliphatic carbocycles. The molecule has 15 heavy (non-hydrogen) atoms. The maximum atomic E-state index is 5.49. The number of nitrogens with one attached hydrogen (secondary N) is 1. The fraction of sp³-hybridized carbons (Fsp3) is 1.00. The Bertz CT molecular complexity index is 198. The lowest BCUT2D eigenvalue weighted by atomic mass is 9.96. The van der Waals surface area contributed by atoms with Crippen molar-refractivity contribution in [1.29, 1.82) is 0 Å². The van der Waals surface area contributed by atoms with Crippen LogP contribution in [0.5, 0.6) is 0 Å². The summed E-state index contributed by atoms with van der Waals surface area (Å²) in [6.07, 6.45) is 4.30. The van der Waals surface area contributed by atoms with Gasteiger partial charge in [0.15, 0.2) is 0 Å². The third kappa shape index (κ3) is 2.52.